The van der Waals surface area contributed by atoms with Crippen molar-refractivity contribution in [2.24, 2.45) is 0 Å². The van der Waals surface area contributed by atoms with Gasteiger partial charge in [-0.25, -0.2) is 12.7 Å². The second kappa shape index (κ2) is 4.31. The fraction of sp³-hybridized carbons (Fsp3) is 0.500. The van der Waals surface area contributed by atoms with Crippen molar-refractivity contribution < 1.29 is 8.42 Å². The summed E-state index contributed by atoms with van der Waals surface area (Å²) in [6.07, 6.45) is 2.41. The van der Waals surface area contributed by atoms with Crippen LogP contribution in [0.3, 0.4) is 0 Å². The first-order valence-corrected chi connectivity index (χ1v) is 7.15. The molecule has 0 bridgehead atoms. The van der Waals surface area contributed by atoms with Crippen molar-refractivity contribution in [3.05, 3.63) is 23.8 Å². The second-order valence-corrected chi connectivity index (χ2v) is 6.83. The van der Waals surface area contributed by atoms with Crippen molar-refractivity contribution in [1.82, 2.24) is 4.31 Å². The van der Waals surface area contributed by atoms with Crippen molar-refractivity contribution >= 4 is 15.7 Å². The molecule has 0 radical (unpaired) electrons. The highest BCUT2D eigenvalue weighted by molar-refractivity contribution is 7.89. The van der Waals surface area contributed by atoms with Crippen LogP contribution in [0.2, 0.25) is 0 Å². The number of anilines is 1. The topological polar surface area (TPSA) is 49.4 Å². The fourth-order valence-corrected chi connectivity index (χ4v) is 2.60. The van der Waals surface area contributed by atoms with Gasteiger partial charge in [0.2, 0.25) is 10.0 Å². The van der Waals surface area contributed by atoms with E-state index in [1.54, 1.807) is 26.2 Å². The van der Waals surface area contributed by atoms with Gasteiger partial charge in [-0.15, -0.1) is 0 Å². The maximum Gasteiger partial charge on any atom is 0.242 e. The Labute approximate surface area is 103 Å². The molecule has 1 aromatic carbocycles. The van der Waals surface area contributed by atoms with Crippen LogP contribution in [-0.2, 0) is 10.0 Å². The summed E-state index contributed by atoms with van der Waals surface area (Å²) in [4.78, 5) is 0.348. The molecule has 94 valence electrons. The van der Waals surface area contributed by atoms with Crippen LogP contribution in [-0.4, -0.2) is 32.9 Å². The molecule has 1 saturated carbocycles. The number of sulfonamides is 1. The van der Waals surface area contributed by atoms with Crippen molar-refractivity contribution in [3.8, 4) is 0 Å². The van der Waals surface area contributed by atoms with Crippen LogP contribution < -0.4 is 5.32 Å². The van der Waals surface area contributed by atoms with E-state index < -0.39 is 10.0 Å². The van der Waals surface area contributed by atoms with Crippen LogP contribution >= 0.6 is 0 Å². The summed E-state index contributed by atoms with van der Waals surface area (Å²) in [5.41, 5.74) is 2.00. The summed E-state index contributed by atoms with van der Waals surface area (Å²) in [6.45, 7) is 1.93. The highest BCUT2D eigenvalue weighted by Crippen LogP contribution is 2.28. The number of rotatable bonds is 4. The van der Waals surface area contributed by atoms with E-state index >= 15 is 0 Å². The summed E-state index contributed by atoms with van der Waals surface area (Å²) < 4.78 is 25.1. The van der Waals surface area contributed by atoms with Crippen LogP contribution in [0.25, 0.3) is 0 Å². The Morgan fingerprint density at radius 3 is 2.41 bits per heavy atom. The lowest BCUT2D eigenvalue weighted by molar-refractivity contribution is 0.520. The largest absolute Gasteiger partial charge is 0.382 e. The molecule has 2 rings (SSSR count). The summed E-state index contributed by atoms with van der Waals surface area (Å²) >= 11 is 0. The second-order valence-electron chi connectivity index (χ2n) is 4.68. The van der Waals surface area contributed by atoms with Gasteiger partial charge in [-0.2, -0.15) is 0 Å². The molecule has 0 spiro atoms. The molecule has 0 heterocycles. The van der Waals surface area contributed by atoms with E-state index in [9.17, 15) is 8.42 Å². The number of hydrogen-bond donors (Lipinski definition) is 1. The first-order chi connectivity index (χ1) is 7.91. The lowest BCUT2D eigenvalue weighted by atomic mass is 10.2. The van der Waals surface area contributed by atoms with Crippen molar-refractivity contribution in [1.29, 1.82) is 0 Å². The van der Waals surface area contributed by atoms with Gasteiger partial charge in [-0.05, 0) is 43.5 Å². The van der Waals surface area contributed by atoms with Gasteiger partial charge in [0, 0.05) is 25.8 Å². The summed E-state index contributed by atoms with van der Waals surface area (Å²) in [6, 6.07) is 5.81. The van der Waals surface area contributed by atoms with E-state index in [1.165, 1.54) is 17.1 Å². The monoisotopic (exact) mass is 254 g/mol. The Balaban J connectivity index is 2.29. The van der Waals surface area contributed by atoms with Crippen molar-refractivity contribution in [3.63, 3.8) is 0 Å². The molecule has 5 heteroatoms. The molecule has 0 atom stereocenters. The van der Waals surface area contributed by atoms with Crippen LogP contribution in [0, 0.1) is 6.92 Å². The Morgan fingerprint density at radius 1 is 1.29 bits per heavy atom. The smallest absolute Gasteiger partial charge is 0.242 e. The third kappa shape index (κ3) is 2.61. The highest BCUT2D eigenvalue weighted by Gasteiger charge is 2.22. The number of aryl methyl sites for hydroxylation is 1. The van der Waals surface area contributed by atoms with Gasteiger partial charge in [0.1, 0.15) is 0 Å². The molecule has 1 N–H and O–H groups in total. The molecule has 0 aliphatic heterocycles. The Kier molecular flexibility index (Phi) is 3.14. The van der Waals surface area contributed by atoms with Gasteiger partial charge in [0.15, 0.2) is 0 Å². The molecule has 1 aliphatic rings. The summed E-state index contributed by atoms with van der Waals surface area (Å²) in [5.74, 6) is 0. The van der Waals surface area contributed by atoms with E-state index in [2.05, 4.69) is 5.32 Å². The molecule has 0 unspecified atom stereocenters. The normalized spacial score (nSPS) is 16.2. The molecule has 4 nitrogen and oxygen atoms in total. The minimum absolute atomic E-state index is 0.348. The average Bonchev–Trinajstić information content (AvgIpc) is 3.04. The summed E-state index contributed by atoms with van der Waals surface area (Å²) in [7, 11) is -0.238. The Bertz CT molecular complexity index is 519. The van der Waals surface area contributed by atoms with Crippen LogP contribution in [0.4, 0.5) is 5.69 Å². The zero-order valence-electron chi connectivity index (χ0n) is 10.4. The third-order valence-corrected chi connectivity index (χ3v) is 4.72. The minimum atomic E-state index is -3.32. The first-order valence-electron chi connectivity index (χ1n) is 5.71. The number of hydrogen-bond acceptors (Lipinski definition) is 3. The molecule has 17 heavy (non-hydrogen) atoms. The number of nitrogens with zero attached hydrogens (tertiary/aromatic N) is 1. The maximum absolute atomic E-state index is 11.9. The van der Waals surface area contributed by atoms with Crippen LogP contribution in [0.5, 0.6) is 0 Å². The van der Waals surface area contributed by atoms with Crippen molar-refractivity contribution in [2.45, 2.75) is 30.7 Å². The van der Waals surface area contributed by atoms with Gasteiger partial charge < -0.3 is 5.32 Å². The maximum atomic E-state index is 11.9. The van der Waals surface area contributed by atoms with Gasteiger partial charge in [-0.1, -0.05) is 0 Å². The van der Waals surface area contributed by atoms with E-state index in [0.717, 1.165) is 11.3 Å². The quantitative estimate of drug-likeness (QED) is 0.891. The fourth-order valence-electron chi connectivity index (χ4n) is 1.62. The molecule has 0 amide bonds. The predicted octanol–water partition coefficient (Wildman–Crippen LogP) is 1.82. The molecule has 1 aliphatic carbocycles. The van der Waals surface area contributed by atoms with Gasteiger partial charge in [-0.3, -0.25) is 0 Å². The van der Waals surface area contributed by atoms with E-state index in [0.29, 0.717) is 10.9 Å². The Morgan fingerprint density at radius 2 is 1.94 bits per heavy atom. The predicted molar refractivity (Wildman–Crippen MR) is 68.7 cm³/mol. The van der Waals surface area contributed by atoms with Crippen LogP contribution in [0.1, 0.15) is 18.4 Å². The number of nitrogens with one attached hydrogen (secondary N) is 1. The molecule has 0 saturated heterocycles. The van der Waals surface area contributed by atoms with E-state index in [-0.39, 0.29) is 0 Å². The lowest BCUT2D eigenvalue weighted by Gasteiger charge is -2.14. The van der Waals surface area contributed by atoms with Gasteiger partial charge in [0.05, 0.1) is 4.90 Å². The standard InChI is InChI=1S/C12H18N2O2S/c1-9-8-11(17(15,16)14(2)3)6-7-12(9)13-10-4-5-10/h6-8,10,13H,4-5H2,1-3H3. The van der Waals surface area contributed by atoms with Crippen LogP contribution in [0.15, 0.2) is 23.1 Å². The average molecular weight is 254 g/mol. The van der Waals surface area contributed by atoms with Gasteiger partial charge in [0.25, 0.3) is 0 Å². The molecule has 0 aromatic heterocycles. The third-order valence-electron chi connectivity index (χ3n) is 2.91. The minimum Gasteiger partial charge on any atom is -0.382 e. The zero-order valence-corrected chi connectivity index (χ0v) is 11.2. The van der Waals surface area contributed by atoms with Gasteiger partial charge >= 0.3 is 0 Å². The molecular formula is C12H18N2O2S. The molecular weight excluding hydrogens is 236 g/mol. The van der Waals surface area contributed by atoms with Crippen molar-refractivity contribution in [2.75, 3.05) is 19.4 Å². The number of benzene rings is 1. The SMILES string of the molecule is Cc1cc(S(=O)(=O)N(C)C)ccc1NC1CC1. The highest BCUT2D eigenvalue weighted by atomic mass is 32.2. The zero-order chi connectivity index (χ0) is 12.6. The van der Waals surface area contributed by atoms with E-state index in [4.69, 9.17) is 0 Å². The first kappa shape index (κ1) is 12.4. The lowest BCUT2D eigenvalue weighted by Crippen LogP contribution is -2.22. The van der Waals surface area contributed by atoms with E-state index in [1.807, 2.05) is 13.0 Å². The summed E-state index contributed by atoms with van der Waals surface area (Å²) in [5, 5.41) is 3.38. The molecule has 1 fully saturated rings. The Hall–Kier alpha value is -1.07. The molecule has 1 aromatic rings.